The Morgan fingerprint density at radius 2 is 1.75 bits per heavy atom. The van der Waals surface area contributed by atoms with Gasteiger partial charge in [-0.15, -0.1) is 0 Å². The van der Waals surface area contributed by atoms with Crippen LogP contribution in [-0.2, 0) is 14.8 Å². The number of hydrogen-bond donors (Lipinski definition) is 3. The van der Waals surface area contributed by atoms with Crippen molar-refractivity contribution in [2.24, 2.45) is 0 Å². The van der Waals surface area contributed by atoms with Gasteiger partial charge in [0.05, 0.1) is 11.9 Å². The SMILES string of the molecule is CNS(=O)(=O)CC(=O)Nc1ccc(NC(=O)c2ccccc2)nc1. The third-order valence-corrected chi connectivity index (χ3v) is 4.22. The van der Waals surface area contributed by atoms with E-state index < -0.39 is 21.7 Å². The first kappa shape index (κ1) is 17.6. The summed E-state index contributed by atoms with van der Waals surface area (Å²) in [5.74, 6) is -1.37. The van der Waals surface area contributed by atoms with Crippen molar-refractivity contribution in [3.8, 4) is 0 Å². The molecule has 9 heteroatoms. The maximum absolute atomic E-state index is 12.0. The maximum Gasteiger partial charge on any atom is 0.256 e. The fourth-order valence-corrected chi connectivity index (χ4v) is 2.32. The van der Waals surface area contributed by atoms with Gasteiger partial charge in [0.1, 0.15) is 11.6 Å². The van der Waals surface area contributed by atoms with Crippen LogP contribution in [0.2, 0.25) is 0 Å². The van der Waals surface area contributed by atoms with Crippen LogP contribution in [0, 0.1) is 0 Å². The first-order valence-corrected chi connectivity index (χ1v) is 8.58. The Balaban J connectivity index is 1.96. The van der Waals surface area contributed by atoms with Gasteiger partial charge in [-0.2, -0.15) is 0 Å². The topological polar surface area (TPSA) is 117 Å². The van der Waals surface area contributed by atoms with E-state index in [4.69, 9.17) is 0 Å². The van der Waals surface area contributed by atoms with Gasteiger partial charge in [-0.1, -0.05) is 18.2 Å². The highest BCUT2D eigenvalue weighted by molar-refractivity contribution is 7.90. The molecular weight excluding hydrogens is 332 g/mol. The van der Waals surface area contributed by atoms with Gasteiger partial charge in [0.25, 0.3) is 5.91 Å². The van der Waals surface area contributed by atoms with E-state index >= 15 is 0 Å². The van der Waals surface area contributed by atoms with E-state index in [-0.39, 0.29) is 5.91 Å². The monoisotopic (exact) mass is 348 g/mol. The summed E-state index contributed by atoms with van der Waals surface area (Å²) in [4.78, 5) is 27.6. The molecule has 0 unspecified atom stereocenters. The molecule has 1 aromatic heterocycles. The Bertz CT molecular complexity index is 820. The van der Waals surface area contributed by atoms with Crippen LogP contribution < -0.4 is 15.4 Å². The van der Waals surface area contributed by atoms with E-state index in [9.17, 15) is 18.0 Å². The van der Waals surface area contributed by atoms with Gasteiger partial charge >= 0.3 is 0 Å². The second-order valence-corrected chi connectivity index (χ2v) is 6.69. The molecule has 0 aliphatic heterocycles. The van der Waals surface area contributed by atoms with E-state index in [1.807, 2.05) is 0 Å². The van der Waals surface area contributed by atoms with Gasteiger partial charge < -0.3 is 10.6 Å². The lowest BCUT2D eigenvalue weighted by Gasteiger charge is -2.07. The largest absolute Gasteiger partial charge is 0.324 e. The number of benzene rings is 1. The fourth-order valence-electron chi connectivity index (χ4n) is 1.76. The van der Waals surface area contributed by atoms with Crippen molar-refractivity contribution in [2.75, 3.05) is 23.4 Å². The molecule has 24 heavy (non-hydrogen) atoms. The first-order chi connectivity index (χ1) is 11.4. The summed E-state index contributed by atoms with van der Waals surface area (Å²) in [6, 6.07) is 11.7. The van der Waals surface area contributed by atoms with Gasteiger partial charge in [0.2, 0.25) is 15.9 Å². The summed E-state index contributed by atoms with van der Waals surface area (Å²) in [6.07, 6.45) is 1.32. The number of nitrogens with one attached hydrogen (secondary N) is 3. The second-order valence-electron chi connectivity index (χ2n) is 4.76. The zero-order valence-electron chi connectivity index (χ0n) is 12.8. The highest BCUT2D eigenvalue weighted by Gasteiger charge is 2.14. The number of sulfonamides is 1. The zero-order valence-corrected chi connectivity index (χ0v) is 13.6. The van der Waals surface area contributed by atoms with Gasteiger partial charge in [0.15, 0.2) is 0 Å². The molecule has 2 amide bonds. The predicted molar refractivity (Wildman–Crippen MR) is 90.1 cm³/mol. The van der Waals surface area contributed by atoms with Crippen LogP contribution in [-0.4, -0.2) is 38.0 Å². The zero-order chi connectivity index (χ0) is 17.6. The van der Waals surface area contributed by atoms with Crippen LogP contribution in [0.5, 0.6) is 0 Å². The Morgan fingerprint density at radius 1 is 1.04 bits per heavy atom. The number of carbonyl (C=O) groups excluding carboxylic acids is 2. The number of aromatic nitrogens is 1. The Hall–Kier alpha value is -2.78. The highest BCUT2D eigenvalue weighted by atomic mass is 32.2. The lowest BCUT2D eigenvalue weighted by atomic mass is 10.2. The molecule has 0 aliphatic carbocycles. The van der Waals surface area contributed by atoms with Crippen LogP contribution in [0.4, 0.5) is 11.5 Å². The number of anilines is 2. The fraction of sp³-hybridized carbons (Fsp3) is 0.133. The lowest BCUT2D eigenvalue weighted by molar-refractivity contribution is -0.113. The number of amides is 2. The molecule has 0 spiro atoms. The third-order valence-electron chi connectivity index (χ3n) is 2.96. The average Bonchev–Trinajstić information content (AvgIpc) is 2.57. The van der Waals surface area contributed by atoms with Crippen molar-refractivity contribution in [1.82, 2.24) is 9.71 Å². The number of hydrogen-bond acceptors (Lipinski definition) is 5. The summed E-state index contributed by atoms with van der Waals surface area (Å²) >= 11 is 0. The van der Waals surface area contributed by atoms with Crippen molar-refractivity contribution in [3.63, 3.8) is 0 Å². The van der Waals surface area contributed by atoms with E-state index in [0.29, 0.717) is 17.1 Å². The molecule has 1 aromatic carbocycles. The summed E-state index contributed by atoms with van der Waals surface area (Å²) in [7, 11) is -2.40. The third kappa shape index (κ3) is 5.14. The summed E-state index contributed by atoms with van der Waals surface area (Å²) in [5, 5.41) is 5.03. The smallest absolute Gasteiger partial charge is 0.256 e. The van der Waals surface area contributed by atoms with Gasteiger partial charge in [-0.25, -0.2) is 18.1 Å². The summed E-state index contributed by atoms with van der Waals surface area (Å²) in [6.45, 7) is 0. The molecule has 0 saturated heterocycles. The minimum Gasteiger partial charge on any atom is -0.324 e. The number of pyridine rings is 1. The number of nitrogens with zero attached hydrogens (tertiary/aromatic N) is 1. The van der Waals surface area contributed by atoms with E-state index in [0.717, 1.165) is 0 Å². The molecule has 3 N–H and O–H groups in total. The molecular formula is C15H16N4O4S. The van der Waals surface area contributed by atoms with Crippen molar-refractivity contribution >= 4 is 33.3 Å². The molecule has 0 atom stereocenters. The van der Waals surface area contributed by atoms with Crippen molar-refractivity contribution in [2.45, 2.75) is 0 Å². The highest BCUT2D eigenvalue weighted by Crippen LogP contribution is 2.11. The van der Waals surface area contributed by atoms with Crippen LogP contribution in [0.1, 0.15) is 10.4 Å². The summed E-state index contributed by atoms with van der Waals surface area (Å²) < 4.78 is 24.6. The lowest BCUT2D eigenvalue weighted by Crippen LogP contribution is -2.30. The first-order valence-electron chi connectivity index (χ1n) is 6.93. The number of carbonyl (C=O) groups is 2. The Kier molecular flexibility index (Phi) is 5.61. The summed E-state index contributed by atoms with van der Waals surface area (Å²) in [5.41, 5.74) is 0.818. The Labute approximate surface area is 139 Å². The predicted octanol–water partition coefficient (Wildman–Crippen LogP) is 0.822. The molecule has 0 fully saturated rings. The average molecular weight is 348 g/mol. The van der Waals surface area contributed by atoms with Crippen molar-refractivity contribution in [3.05, 3.63) is 54.2 Å². The standard InChI is InChI=1S/C15H16N4O4S/c1-16-24(22,23)10-14(20)18-12-7-8-13(17-9-12)19-15(21)11-5-3-2-4-6-11/h2-9,16H,10H2,1H3,(H,18,20)(H,17,19,21). The Morgan fingerprint density at radius 3 is 2.33 bits per heavy atom. The van der Waals surface area contributed by atoms with Gasteiger partial charge in [-0.05, 0) is 31.3 Å². The minimum absolute atomic E-state index is 0.306. The molecule has 0 radical (unpaired) electrons. The quantitative estimate of drug-likeness (QED) is 0.714. The minimum atomic E-state index is -3.63. The van der Waals surface area contributed by atoms with Gasteiger partial charge in [0, 0.05) is 5.56 Å². The van der Waals surface area contributed by atoms with Crippen LogP contribution in [0.25, 0.3) is 0 Å². The van der Waals surface area contributed by atoms with E-state index in [1.165, 1.54) is 25.4 Å². The molecule has 1 heterocycles. The van der Waals surface area contributed by atoms with E-state index in [2.05, 4.69) is 20.3 Å². The van der Waals surface area contributed by atoms with Crippen molar-refractivity contribution < 1.29 is 18.0 Å². The second kappa shape index (κ2) is 7.66. The van der Waals surface area contributed by atoms with Crippen LogP contribution in [0.15, 0.2) is 48.7 Å². The molecule has 0 saturated carbocycles. The van der Waals surface area contributed by atoms with Gasteiger partial charge in [-0.3, -0.25) is 9.59 Å². The maximum atomic E-state index is 12.0. The molecule has 0 bridgehead atoms. The van der Waals surface area contributed by atoms with Crippen LogP contribution >= 0.6 is 0 Å². The normalized spacial score (nSPS) is 10.9. The number of rotatable bonds is 6. The molecule has 126 valence electrons. The molecule has 0 aliphatic rings. The van der Waals surface area contributed by atoms with Crippen molar-refractivity contribution in [1.29, 1.82) is 0 Å². The van der Waals surface area contributed by atoms with Crippen LogP contribution in [0.3, 0.4) is 0 Å². The molecule has 2 rings (SSSR count). The molecule has 8 nitrogen and oxygen atoms in total. The molecule has 2 aromatic rings. The van der Waals surface area contributed by atoms with E-state index in [1.54, 1.807) is 30.3 Å².